The summed E-state index contributed by atoms with van der Waals surface area (Å²) in [5, 5.41) is 10.6. The molecule has 0 fully saturated rings. The molecule has 0 saturated carbocycles. The average molecular weight is 1410 g/mol. The van der Waals surface area contributed by atoms with Gasteiger partial charge in [-0.1, -0.05) is 356 Å². The molecule has 0 aliphatic carbocycles. The fourth-order valence-corrected chi connectivity index (χ4v) is 13.5. The SMILES string of the molecule is CCCCCCCCCCCCCCCCCC(=O)OC[C@H](COP(=O)(O)OC[C@@H](O)COP(=O)(O)OC[C@@H](COC(=O)CCCCCCCCCCCCC)OC(=O)CCCCCCCCCCCCCCCCC)OC(=O)CCCCCCCCCCCCCCC(C)C. The molecule has 0 aliphatic rings. The minimum absolute atomic E-state index is 0.108. The largest absolute Gasteiger partial charge is 0.472 e. The summed E-state index contributed by atoms with van der Waals surface area (Å²) < 4.78 is 68.6. The number of aliphatic hydroxyl groups is 1. The van der Waals surface area contributed by atoms with Crippen LogP contribution in [0.4, 0.5) is 0 Å². The topological polar surface area (TPSA) is 237 Å². The number of phosphoric acid groups is 2. The van der Waals surface area contributed by atoms with Crippen LogP contribution in [0.15, 0.2) is 0 Å². The van der Waals surface area contributed by atoms with E-state index in [1.165, 1.54) is 231 Å². The van der Waals surface area contributed by atoms with Crippen molar-refractivity contribution in [1.82, 2.24) is 0 Å². The van der Waals surface area contributed by atoms with E-state index in [-0.39, 0.29) is 25.7 Å². The number of hydrogen-bond acceptors (Lipinski definition) is 15. The third-order valence-corrected chi connectivity index (χ3v) is 19.9. The molecule has 0 aromatic heterocycles. The van der Waals surface area contributed by atoms with Crippen molar-refractivity contribution in [3.8, 4) is 0 Å². The van der Waals surface area contributed by atoms with Crippen molar-refractivity contribution >= 4 is 39.5 Å². The third kappa shape index (κ3) is 70.5. The second kappa shape index (κ2) is 70.1. The molecule has 96 heavy (non-hydrogen) atoms. The van der Waals surface area contributed by atoms with Gasteiger partial charge in [-0.25, -0.2) is 9.13 Å². The van der Waals surface area contributed by atoms with Crippen LogP contribution in [-0.4, -0.2) is 96.7 Å². The Morgan fingerprint density at radius 2 is 0.479 bits per heavy atom. The summed E-state index contributed by atoms with van der Waals surface area (Å²) in [5.41, 5.74) is 0. The highest BCUT2D eigenvalue weighted by Gasteiger charge is 2.30. The second-order valence-electron chi connectivity index (χ2n) is 28.2. The minimum atomic E-state index is -4.96. The van der Waals surface area contributed by atoms with Gasteiger partial charge in [-0.05, 0) is 31.6 Å². The molecule has 3 N–H and O–H groups in total. The molecular weight excluding hydrogens is 1260 g/mol. The van der Waals surface area contributed by atoms with Crippen molar-refractivity contribution in [1.29, 1.82) is 0 Å². The van der Waals surface area contributed by atoms with Crippen LogP contribution in [0.3, 0.4) is 0 Å². The predicted octanol–water partition coefficient (Wildman–Crippen LogP) is 22.9. The number of esters is 4. The molecule has 2 unspecified atom stereocenters. The highest BCUT2D eigenvalue weighted by atomic mass is 31.2. The van der Waals surface area contributed by atoms with Crippen LogP contribution in [-0.2, 0) is 65.4 Å². The first kappa shape index (κ1) is 94.1. The van der Waals surface area contributed by atoms with Gasteiger partial charge in [0.15, 0.2) is 12.2 Å². The highest BCUT2D eigenvalue weighted by Crippen LogP contribution is 2.45. The van der Waals surface area contributed by atoms with E-state index >= 15 is 0 Å². The standard InChI is InChI=1S/C77H150O17P2/c1-6-9-12-15-18-21-24-26-28-30-36-41-46-51-56-61-75(80)88-67-73(94-77(82)63-58-53-48-43-38-33-32-35-39-44-49-54-59-70(4)5)69-92-96(85,86)90-65-71(78)64-89-95(83,84)91-68-72(66-87-74(79)60-55-50-45-40-34-23-20-17-14-11-8-3)93-76(81)62-57-52-47-42-37-31-29-27-25-22-19-16-13-10-7-2/h70-73,78H,6-69H2,1-5H3,(H,83,84)(H,85,86)/t71-,72+,73+/m0/s1. The summed E-state index contributed by atoms with van der Waals surface area (Å²) in [6.07, 6.45) is 59.4. The zero-order valence-corrected chi connectivity index (χ0v) is 64.3. The van der Waals surface area contributed by atoms with E-state index in [0.717, 1.165) is 95.8 Å². The van der Waals surface area contributed by atoms with Gasteiger partial charge in [0.1, 0.15) is 19.3 Å². The summed E-state index contributed by atoms with van der Waals surface area (Å²) in [4.78, 5) is 72.9. The summed E-state index contributed by atoms with van der Waals surface area (Å²) in [7, 11) is -9.91. The van der Waals surface area contributed by atoms with Crippen LogP contribution >= 0.6 is 15.6 Å². The number of carbonyl (C=O) groups is 4. The lowest BCUT2D eigenvalue weighted by Gasteiger charge is -2.21. The molecule has 0 aromatic rings. The molecule has 0 bridgehead atoms. The summed E-state index contributed by atoms with van der Waals surface area (Å²) in [6, 6.07) is 0. The molecule has 0 heterocycles. The fourth-order valence-electron chi connectivity index (χ4n) is 11.9. The molecule has 5 atom stereocenters. The second-order valence-corrected chi connectivity index (χ2v) is 31.1. The molecule has 0 amide bonds. The van der Waals surface area contributed by atoms with Crippen LogP contribution < -0.4 is 0 Å². The smallest absolute Gasteiger partial charge is 0.462 e. The van der Waals surface area contributed by atoms with Crippen molar-refractivity contribution < 1.29 is 80.2 Å². The molecule has 0 aromatic carbocycles. The van der Waals surface area contributed by atoms with Gasteiger partial charge in [-0.2, -0.15) is 0 Å². The Morgan fingerprint density at radius 1 is 0.281 bits per heavy atom. The van der Waals surface area contributed by atoms with Crippen molar-refractivity contribution in [2.24, 2.45) is 5.92 Å². The number of carbonyl (C=O) groups excluding carboxylic acids is 4. The number of phosphoric ester groups is 2. The van der Waals surface area contributed by atoms with Gasteiger partial charge in [0.05, 0.1) is 26.4 Å². The molecule has 570 valence electrons. The lowest BCUT2D eigenvalue weighted by Crippen LogP contribution is -2.30. The molecular formula is C77H150O17P2. The van der Waals surface area contributed by atoms with Crippen molar-refractivity contribution in [3.63, 3.8) is 0 Å². The van der Waals surface area contributed by atoms with Crippen LogP contribution in [0.25, 0.3) is 0 Å². The zero-order chi connectivity index (χ0) is 70.5. The van der Waals surface area contributed by atoms with Gasteiger partial charge in [-0.3, -0.25) is 37.3 Å². The van der Waals surface area contributed by atoms with Gasteiger partial charge in [-0.15, -0.1) is 0 Å². The molecule has 19 heteroatoms. The number of hydrogen-bond donors (Lipinski definition) is 3. The summed E-state index contributed by atoms with van der Waals surface area (Å²) >= 11 is 0. The Kier molecular flexibility index (Phi) is 68.7. The van der Waals surface area contributed by atoms with Gasteiger partial charge in [0.25, 0.3) is 0 Å². The Hall–Kier alpha value is -1.94. The van der Waals surface area contributed by atoms with Gasteiger partial charge >= 0.3 is 39.5 Å². The molecule has 0 spiro atoms. The normalized spacial score (nSPS) is 13.9. The van der Waals surface area contributed by atoms with E-state index in [1.54, 1.807) is 0 Å². The maximum atomic E-state index is 13.1. The monoisotopic (exact) mass is 1410 g/mol. The van der Waals surface area contributed by atoms with Crippen molar-refractivity contribution in [3.05, 3.63) is 0 Å². The molecule has 0 rings (SSSR count). The molecule has 0 saturated heterocycles. The Morgan fingerprint density at radius 3 is 0.708 bits per heavy atom. The van der Waals surface area contributed by atoms with Crippen molar-refractivity contribution in [2.45, 2.75) is 425 Å². The van der Waals surface area contributed by atoms with Crippen LogP contribution in [0.5, 0.6) is 0 Å². The first-order valence-electron chi connectivity index (χ1n) is 40.1. The lowest BCUT2D eigenvalue weighted by molar-refractivity contribution is -0.161. The number of ether oxygens (including phenoxy) is 4. The number of aliphatic hydroxyl groups excluding tert-OH is 1. The predicted molar refractivity (Wildman–Crippen MR) is 391 cm³/mol. The molecule has 17 nitrogen and oxygen atoms in total. The average Bonchev–Trinajstić information content (AvgIpc) is 1.57. The van der Waals surface area contributed by atoms with Gasteiger partial charge < -0.3 is 33.8 Å². The quantitative estimate of drug-likeness (QED) is 0.0222. The number of unbranched alkanes of at least 4 members (excludes halogenated alkanes) is 49. The van der Waals surface area contributed by atoms with Crippen molar-refractivity contribution in [2.75, 3.05) is 39.6 Å². The maximum absolute atomic E-state index is 13.1. The van der Waals surface area contributed by atoms with E-state index in [1.807, 2.05) is 0 Å². The summed E-state index contributed by atoms with van der Waals surface area (Å²) in [5.74, 6) is -1.33. The lowest BCUT2D eigenvalue weighted by atomic mass is 10.0. The van der Waals surface area contributed by atoms with Crippen LogP contribution in [0.2, 0.25) is 0 Å². The van der Waals surface area contributed by atoms with Crippen LogP contribution in [0, 0.1) is 5.92 Å². The third-order valence-electron chi connectivity index (χ3n) is 18.0. The molecule has 0 aliphatic heterocycles. The maximum Gasteiger partial charge on any atom is 0.472 e. The Labute approximate surface area is 588 Å². The highest BCUT2D eigenvalue weighted by molar-refractivity contribution is 7.47. The van der Waals surface area contributed by atoms with E-state index in [4.69, 9.17) is 37.0 Å². The van der Waals surface area contributed by atoms with E-state index in [9.17, 15) is 43.2 Å². The fraction of sp³-hybridized carbons (Fsp3) is 0.948. The van der Waals surface area contributed by atoms with Crippen LogP contribution in [0.1, 0.15) is 407 Å². The van der Waals surface area contributed by atoms with E-state index < -0.39 is 97.5 Å². The summed E-state index contributed by atoms with van der Waals surface area (Å²) in [6.45, 7) is 7.32. The first-order chi connectivity index (χ1) is 46.5. The minimum Gasteiger partial charge on any atom is -0.462 e. The first-order valence-corrected chi connectivity index (χ1v) is 43.1. The van der Waals surface area contributed by atoms with Gasteiger partial charge in [0.2, 0.25) is 0 Å². The van der Waals surface area contributed by atoms with Gasteiger partial charge in [0, 0.05) is 25.7 Å². The molecule has 0 radical (unpaired) electrons. The number of rotatable bonds is 77. The van der Waals surface area contributed by atoms with E-state index in [2.05, 4.69) is 34.6 Å². The zero-order valence-electron chi connectivity index (χ0n) is 62.5. The van der Waals surface area contributed by atoms with E-state index in [0.29, 0.717) is 25.7 Å². The Bertz CT molecular complexity index is 1840. The Balaban J connectivity index is 5.26.